The van der Waals surface area contributed by atoms with Crippen molar-refractivity contribution in [1.82, 2.24) is 9.55 Å². The lowest BCUT2D eigenvalue weighted by Crippen LogP contribution is -2.31. The van der Waals surface area contributed by atoms with Crippen LogP contribution in [0.1, 0.15) is 6.42 Å². The van der Waals surface area contributed by atoms with E-state index < -0.39 is 28.7 Å². The van der Waals surface area contributed by atoms with Gasteiger partial charge in [-0.1, -0.05) is 11.6 Å². The maximum atomic E-state index is 14.8. The summed E-state index contributed by atoms with van der Waals surface area (Å²) in [5, 5.41) is -0.464. The molecule has 0 aliphatic carbocycles. The highest BCUT2D eigenvalue weighted by molar-refractivity contribution is 6.38. The minimum Gasteiger partial charge on any atom is -0.366 e. The van der Waals surface area contributed by atoms with Gasteiger partial charge >= 0.3 is 5.69 Å². The van der Waals surface area contributed by atoms with Crippen molar-refractivity contribution in [2.24, 2.45) is 5.73 Å². The monoisotopic (exact) mass is 410 g/mol. The number of hydrogen-bond donors (Lipinski definition) is 2. The van der Waals surface area contributed by atoms with Gasteiger partial charge in [-0.15, -0.1) is 0 Å². The Morgan fingerprint density at radius 3 is 2.54 bits per heavy atom. The maximum Gasteiger partial charge on any atom is 0.333 e. The summed E-state index contributed by atoms with van der Waals surface area (Å²) in [4.78, 5) is 28.3. The van der Waals surface area contributed by atoms with Gasteiger partial charge in [-0.2, -0.15) is 0 Å². The normalized spacial score (nSPS) is 16.9. The standard InChI is InChI=1S/C18H14ClF3N4O2/c19-14-15-10(6-12(22)16(14)25-4-3-9(23)7-25)17(27)24-18(28)26(15)13-2-1-8(20)5-11(13)21/h1-2,5-6,9H,3-4,7,23H2,(H,24,27,28). The molecule has 0 amide bonds. The molecule has 6 nitrogen and oxygen atoms in total. The van der Waals surface area contributed by atoms with Crippen molar-refractivity contribution in [3.63, 3.8) is 0 Å². The molecule has 1 saturated heterocycles. The van der Waals surface area contributed by atoms with E-state index >= 15 is 0 Å². The molecule has 28 heavy (non-hydrogen) atoms. The van der Waals surface area contributed by atoms with E-state index in [4.69, 9.17) is 17.3 Å². The number of rotatable bonds is 2. The van der Waals surface area contributed by atoms with Crippen molar-refractivity contribution in [3.8, 4) is 5.69 Å². The molecule has 2 aromatic carbocycles. The van der Waals surface area contributed by atoms with Crippen LogP contribution >= 0.6 is 11.6 Å². The Labute approximate surface area is 160 Å². The van der Waals surface area contributed by atoms with E-state index in [0.29, 0.717) is 25.6 Å². The zero-order valence-corrected chi connectivity index (χ0v) is 15.1. The van der Waals surface area contributed by atoms with Crippen molar-refractivity contribution in [2.75, 3.05) is 18.0 Å². The van der Waals surface area contributed by atoms with Gasteiger partial charge in [0.05, 0.1) is 27.3 Å². The fourth-order valence-electron chi connectivity index (χ4n) is 3.48. The van der Waals surface area contributed by atoms with Gasteiger partial charge in [-0.3, -0.25) is 14.3 Å². The molecule has 1 aliphatic heterocycles. The van der Waals surface area contributed by atoms with Gasteiger partial charge in [0.2, 0.25) is 0 Å². The lowest BCUT2D eigenvalue weighted by molar-refractivity contribution is 0.577. The molecule has 0 spiro atoms. The fraction of sp³-hybridized carbons (Fsp3) is 0.222. The van der Waals surface area contributed by atoms with Crippen molar-refractivity contribution in [3.05, 3.63) is 67.6 Å². The molecular weight excluding hydrogens is 397 g/mol. The first-order chi connectivity index (χ1) is 13.3. The Kier molecular flexibility index (Phi) is 4.43. The number of fused-ring (bicyclic) bond motifs is 1. The Morgan fingerprint density at radius 2 is 1.89 bits per heavy atom. The largest absolute Gasteiger partial charge is 0.366 e. The smallest absolute Gasteiger partial charge is 0.333 e. The van der Waals surface area contributed by atoms with E-state index in [1.54, 1.807) is 4.90 Å². The van der Waals surface area contributed by atoms with Crippen molar-refractivity contribution >= 4 is 28.2 Å². The van der Waals surface area contributed by atoms with Crippen LogP contribution in [-0.2, 0) is 0 Å². The number of aromatic amines is 1. The molecule has 1 unspecified atom stereocenters. The molecule has 3 aromatic rings. The van der Waals surface area contributed by atoms with Crippen molar-refractivity contribution in [2.45, 2.75) is 12.5 Å². The summed E-state index contributed by atoms with van der Waals surface area (Å²) in [6, 6.07) is 3.35. The Morgan fingerprint density at radius 1 is 1.14 bits per heavy atom. The molecule has 3 N–H and O–H groups in total. The summed E-state index contributed by atoms with van der Waals surface area (Å²) >= 11 is 6.43. The number of nitrogens with one attached hydrogen (secondary N) is 1. The SMILES string of the molecule is NC1CCN(c2c(F)cc3c(=O)[nH]c(=O)n(-c4ccc(F)cc4F)c3c2Cl)C1. The molecule has 10 heteroatoms. The van der Waals surface area contributed by atoms with E-state index in [-0.39, 0.29) is 33.3 Å². The number of aromatic nitrogens is 2. The van der Waals surface area contributed by atoms with Gasteiger partial charge in [-0.25, -0.2) is 18.0 Å². The second kappa shape index (κ2) is 6.68. The van der Waals surface area contributed by atoms with Gasteiger partial charge in [-0.05, 0) is 24.6 Å². The Bertz CT molecular complexity index is 1220. The first-order valence-corrected chi connectivity index (χ1v) is 8.78. The van der Waals surface area contributed by atoms with E-state index in [1.807, 2.05) is 4.98 Å². The number of nitrogens with two attached hydrogens (primary N) is 1. The van der Waals surface area contributed by atoms with Crippen LogP contribution < -0.4 is 21.9 Å². The average molecular weight is 411 g/mol. The third kappa shape index (κ3) is 2.87. The number of hydrogen-bond acceptors (Lipinski definition) is 4. The average Bonchev–Trinajstić information content (AvgIpc) is 3.03. The highest BCUT2D eigenvalue weighted by Crippen LogP contribution is 2.37. The van der Waals surface area contributed by atoms with E-state index in [1.165, 1.54) is 0 Å². The fourth-order valence-corrected chi connectivity index (χ4v) is 3.88. The predicted octanol–water partition coefficient (Wildman–Crippen LogP) is 2.29. The first kappa shape index (κ1) is 18.6. The van der Waals surface area contributed by atoms with Crippen LogP contribution in [-0.4, -0.2) is 28.7 Å². The van der Waals surface area contributed by atoms with Gasteiger partial charge in [0.15, 0.2) is 0 Å². The molecule has 0 saturated carbocycles. The second-order valence-corrected chi connectivity index (χ2v) is 6.98. The zero-order valence-electron chi connectivity index (χ0n) is 14.3. The summed E-state index contributed by atoms with van der Waals surface area (Å²) in [5.74, 6) is -2.64. The molecule has 0 bridgehead atoms. The Hall–Kier alpha value is -2.78. The van der Waals surface area contributed by atoms with Crippen LogP contribution in [0.4, 0.5) is 18.9 Å². The van der Waals surface area contributed by atoms with Crippen LogP contribution in [0.3, 0.4) is 0 Å². The van der Waals surface area contributed by atoms with Crippen LogP contribution in [0.15, 0.2) is 33.9 Å². The van der Waals surface area contributed by atoms with Gasteiger partial charge in [0, 0.05) is 25.2 Å². The highest BCUT2D eigenvalue weighted by Gasteiger charge is 2.27. The predicted molar refractivity (Wildman–Crippen MR) is 99.9 cm³/mol. The van der Waals surface area contributed by atoms with E-state index in [0.717, 1.165) is 22.8 Å². The maximum absolute atomic E-state index is 14.8. The topological polar surface area (TPSA) is 84.1 Å². The molecule has 146 valence electrons. The third-order valence-corrected chi connectivity index (χ3v) is 5.11. The summed E-state index contributed by atoms with van der Waals surface area (Å²) in [7, 11) is 0. The molecule has 1 atom stereocenters. The summed E-state index contributed by atoms with van der Waals surface area (Å²) < 4.78 is 43.2. The van der Waals surface area contributed by atoms with Crippen molar-refractivity contribution < 1.29 is 13.2 Å². The summed E-state index contributed by atoms with van der Waals surface area (Å²) in [6.07, 6.45) is 0.614. The summed E-state index contributed by atoms with van der Waals surface area (Å²) in [5.41, 5.74) is 3.50. The minimum atomic E-state index is -1.04. The molecule has 0 radical (unpaired) electrons. The third-order valence-electron chi connectivity index (χ3n) is 4.75. The lowest BCUT2D eigenvalue weighted by atomic mass is 10.1. The summed E-state index contributed by atoms with van der Waals surface area (Å²) in [6.45, 7) is 0.766. The zero-order chi connectivity index (χ0) is 20.2. The van der Waals surface area contributed by atoms with Crippen LogP contribution in [0.2, 0.25) is 5.02 Å². The van der Waals surface area contributed by atoms with E-state index in [2.05, 4.69) is 0 Å². The van der Waals surface area contributed by atoms with Crippen LogP contribution in [0, 0.1) is 17.5 Å². The molecule has 1 aliphatic rings. The number of nitrogens with zero attached hydrogens (tertiary/aromatic N) is 2. The quantitative estimate of drug-likeness (QED) is 0.679. The highest BCUT2D eigenvalue weighted by atomic mass is 35.5. The van der Waals surface area contributed by atoms with Gasteiger partial charge < -0.3 is 10.6 Å². The van der Waals surface area contributed by atoms with Crippen molar-refractivity contribution in [1.29, 1.82) is 0 Å². The van der Waals surface area contributed by atoms with Crippen LogP contribution in [0.5, 0.6) is 0 Å². The number of H-pyrrole nitrogens is 1. The number of anilines is 1. The molecule has 1 fully saturated rings. The molecule has 2 heterocycles. The van der Waals surface area contributed by atoms with E-state index in [9.17, 15) is 22.8 Å². The molecular formula is C18H14ClF3N4O2. The molecule has 4 rings (SSSR count). The number of benzene rings is 2. The Balaban J connectivity index is 2.11. The lowest BCUT2D eigenvalue weighted by Gasteiger charge is -2.22. The second-order valence-electron chi connectivity index (χ2n) is 6.60. The van der Waals surface area contributed by atoms with Gasteiger partial charge in [0.25, 0.3) is 5.56 Å². The van der Waals surface area contributed by atoms with Crippen LogP contribution in [0.25, 0.3) is 16.6 Å². The first-order valence-electron chi connectivity index (χ1n) is 8.41. The van der Waals surface area contributed by atoms with Gasteiger partial charge in [0.1, 0.15) is 17.5 Å². The molecule has 1 aromatic heterocycles. The number of halogens is 4. The minimum absolute atomic E-state index is 0.0246.